The molecule has 5 heteroatoms. The first-order valence-electron chi connectivity index (χ1n) is 6.49. The number of rotatable bonds is 7. The van der Waals surface area contributed by atoms with Gasteiger partial charge in [0.15, 0.2) is 0 Å². The molecule has 1 rings (SSSR count). The maximum absolute atomic E-state index is 8.56. The minimum Gasteiger partial charge on any atom is -0.450 e. The van der Waals surface area contributed by atoms with E-state index >= 15 is 0 Å². The molecule has 1 aromatic rings. The summed E-state index contributed by atoms with van der Waals surface area (Å²) in [6, 6.07) is 0. The normalized spacial score (nSPS) is 9.67. The lowest BCUT2D eigenvalue weighted by Gasteiger charge is -1.98. The van der Waals surface area contributed by atoms with E-state index < -0.39 is 6.16 Å². The van der Waals surface area contributed by atoms with Gasteiger partial charge in [0.2, 0.25) is 6.33 Å². The Hall–Kier alpha value is -1.52. The highest BCUT2D eigenvalue weighted by atomic mass is 16.6. The van der Waals surface area contributed by atoms with Crippen molar-refractivity contribution in [2.24, 2.45) is 7.05 Å². The number of hydrogen-bond acceptors (Lipinski definition) is 1. The van der Waals surface area contributed by atoms with E-state index in [-0.39, 0.29) is 0 Å². The number of unbranched alkanes of at least 4 members (excludes halogenated alkanes) is 5. The average molecular weight is 257 g/mol. The molecule has 0 aliphatic rings. The second-order valence-corrected chi connectivity index (χ2v) is 4.37. The number of carbonyl (C=O) groups is 1. The molecule has 18 heavy (non-hydrogen) atoms. The molecule has 0 saturated heterocycles. The lowest BCUT2D eigenvalue weighted by atomic mass is 10.1. The van der Waals surface area contributed by atoms with Gasteiger partial charge in [-0.1, -0.05) is 32.6 Å². The van der Waals surface area contributed by atoms with Gasteiger partial charge in [0.25, 0.3) is 0 Å². The van der Waals surface area contributed by atoms with Gasteiger partial charge >= 0.3 is 6.16 Å². The van der Waals surface area contributed by atoms with E-state index in [4.69, 9.17) is 15.0 Å². The molecule has 5 nitrogen and oxygen atoms in total. The zero-order valence-corrected chi connectivity index (χ0v) is 11.4. The molecule has 104 valence electrons. The summed E-state index contributed by atoms with van der Waals surface area (Å²) in [6.07, 6.45) is 12.8. The average Bonchev–Trinajstić information content (AvgIpc) is 2.69. The first-order chi connectivity index (χ1) is 8.56. The monoisotopic (exact) mass is 257 g/mol. The molecule has 1 heterocycles. The molecule has 0 unspecified atom stereocenters. The van der Waals surface area contributed by atoms with Crippen LogP contribution in [0.1, 0.15) is 45.4 Å². The standard InChI is InChI=1S/C12H23N2.CH2O3/c1-3-4-5-6-7-8-9-14-11-10-13(2)12-14;2-1(3)4/h10-12H,3-9H2,1-2H3;(H2,2,3,4)/q+1;. The van der Waals surface area contributed by atoms with Crippen molar-refractivity contribution in [2.45, 2.75) is 52.0 Å². The number of carboxylic acid groups (broad SMARTS) is 2. The van der Waals surface area contributed by atoms with E-state index in [0.29, 0.717) is 0 Å². The van der Waals surface area contributed by atoms with Crippen LogP contribution in [0.25, 0.3) is 0 Å². The van der Waals surface area contributed by atoms with Gasteiger partial charge in [-0.25, -0.2) is 13.9 Å². The Bertz CT molecular complexity index is 320. The van der Waals surface area contributed by atoms with E-state index in [0.717, 1.165) is 0 Å². The molecule has 0 spiro atoms. The SMILES string of the molecule is CCCCCCCCn1cc[n+](C)c1.O=C(O)O. The van der Waals surface area contributed by atoms with Crippen LogP contribution >= 0.6 is 0 Å². The Balaban J connectivity index is 0.000000631. The molecular weight excluding hydrogens is 232 g/mol. The Morgan fingerprint density at radius 2 is 1.72 bits per heavy atom. The lowest BCUT2D eigenvalue weighted by molar-refractivity contribution is -0.671. The van der Waals surface area contributed by atoms with Crippen molar-refractivity contribution in [3.8, 4) is 0 Å². The lowest BCUT2D eigenvalue weighted by Crippen LogP contribution is -2.23. The Morgan fingerprint density at radius 1 is 1.17 bits per heavy atom. The summed E-state index contributed by atoms with van der Waals surface area (Å²) in [5.41, 5.74) is 0. The van der Waals surface area contributed by atoms with Crippen molar-refractivity contribution >= 4 is 6.16 Å². The van der Waals surface area contributed by atoms with Gasteiger partial charge in [-0.15, -0.1) is 0 Å². The number of nitrogens with zero attached hydrogens (tertiary/aromatic N) is 2. The maximum Gasteiger partial charge on any atom is 0.503 e. The highest BCUT2D eigenvalue weighted by Crippen LogP contribution is 2.05. The van der Waals surface area contributed by atoms with Crippen LogP contribution in [0.4, 0.5) is 4.79 Å². The van der Waals surface area contributed by atoms with Crippen molar-refractivity contribution < 1.29 is 19.6 Å². The fourth-order valence-corrected chi connectivity index (χ4v) is 1.71. The van der Waals surface area contributed by atoms with E-state index in [2.05, 4.69) is 41.8 Å². The Labute approximate surface area is 109 Å². The molecule has 0 aromatic carbocycles. The summed E-state index contributed by atoms with van der Waals surface area (Å²) >= 11 is 0. The minimum absolute atomic E-state index is 1.17. The Kier molecular flexibility index (Phi) is 9.73. The van der Waals surface area contributed by atoms with Gasteiger partial charge < -0.3 is 10.2 Å². The van der Waals surface area contributed by atoms with Crippen LogP contribution in [0.2, 0.25) is 0 Å². The number of aromatic nitrogens is 2. The molecular formula is C13H25N2O3+. The van der Waals surface area contributed by atoms with Gasteiger partial charge in [-0.3, -0.25) is 0 Å². The molecule has 0 aliphatic heterocycles. The smallest absolute Gasteiger partial charge is 0.450 e. The van der Waals surface area contributed by atoms with E-state index in [1.165, 1.54) is 45.1 Å². The van der Waals surface area contributed by atoms with Crippen molar-refractivity contribution in [1.82, 2.24) is 4.57 Å². The van der Waals surface area contributed by atoms with Gasteiger partial charge in [0.05, 0.1) is 13.6 Å². The molecule has 0 radical (unpaired) electrons. The second kappa shape index (κ2) is 10.6. The predicted molar refractivity (Wildman–Crippen MR) is 69.6 cm³/mol. The third kappa shape index (κ3) is 11.0. The summed E-state index contributed by atoms with van der Waals surface area (Å²) in [4.78, 5) is 8.56. The first-order valence-corrected chi connectivity index (χ1v) is 6.49. The maximum atomic E-state index is 8.56. The molecule has 2 N–H and O–H groups in total. The van der Waals surface area contributed by atoms with Gasteiger partial charge in [-0.2, -0.15) is 0 Å². The zero-order chi connectivity index (χ0) is 13.8. The largest absolute Gasteiger partial charge is 0.503 e. The van der Waals surface area contributed by atoms with Crippen LogP contribution in [0.3, 0.4) is 0 Å². The van der Waals surface area contributed by atoms with Crippen molar-refractivity contribution in [3.05, 3.63) is 18.7 Å². The third-order valence-corrected chi connectivity index (χ3v) is 2.59. The summed E-state index contributed by atoms with van der Waals surface area (Å²) < 4.78 is 4.36. The van der Waals surface area contributed by atoms with Crippen LogP contribution in [0.5, 0.6) is 0 Å². The molecule has 0 bridgehead atoms. The van der Waals surface area contributed by atoms with Crippen molar-refractivity contribution in [1.29, 1.82) is 0 Å². The number of aryl methyl sites for hydroxylation is 2. The highest BCUT2D eigenvalue weighted by Gasteiger charge is 1.98. The van der Waals surface area contributed by atoms with E-state index in [1.54, 1.807) is 0 Å². The summed E-state index contributed by atoms with van der Waals surface area (Å²) in [5, 5.41) is 13.9. The van der Waals surface area contributed by atoms with Gasteiger partial charge in [-0.05, 0) is 12.8 Å². The molecule has 0 atom stereocenters. The fraction of sp³-hybridized carbons (Fsp3) is 0.692. The molecule has 0 fully saturated rings. The number of imidazole rings is 1. The van der Waals surface area contributed by atoms with E-state index in [9.17, 15) is 0 Å². The van der Waals surface area contributed by atoms with Crippen LogP contribution in [-0.2, 0) is 13.6 Å². The zero-order valence-electron chi connectivity index (χ0n) is 11.4. The number of hydrogen-bond donors (Lipinski definition) is 2. The Morgan fingerprint density at radius 3 is 2.22 bits per heavy atom. The summed E-state index contributed by atoms with van der Waals surface area (Å²) in [7, 11) is 2.07. The van der Waals surface area contributed by atoms with Gasteiger partial charge in [0, 0.05) is 0 Å². The first kappa shape index (κ1) is 16.5. The quantitative estimate of drug-likeness (QED) is 0.583. The molecule has 0 aliphatic carbocycles. The summed E-state index contributed by atoms with van der Waals surface area (Å²) in [5.74, 6) is 0. The van der Waals surface area contributed by atoms with E-state index in [1.807, 2.05) is 0 Å². The third-order valence-electron chi connectivity index (χ3n) is 2.59. The summed E-state index contributed by atoms with van der Waals surface area (Å²) in [6.45, 7) is 3.44. The van der Waals surface area contributed by atoms with Gasteiger partial charge in [0.1, 0.15) is 12.4 Å². The molecule has 0 amide bonds. The van der Waals surface area contributed by atoms with Crippen LogP contribution in [0.15, 0.2) is 18.7 Å². The molecule has 1 aromatic heterocycles. The van der Waals surface area contributed by atoms with Crippen molar-refractivity contribution in [3.63, 3.8) is 0 Å². The van der Waals surface area contributed by atoms with Crippen LogP contribution in [0, 0.1) is 0 Å². The minimum atomic E-state index is -1.83. The molecule has 0 saturated carbocycles. The van der Waals surface area contributed by atoms with Crippen LogP contribution in [-0.4, -0.2) is 20.9 Å². The van der Waals surface area contributed by atoms with Crippen molar-refractivity contribution in [2.75, 3.05) is 0 Å². The topological polar surface area (TPSA) is 66.3 Å². The second-order valence-electron chi connectivity index (χ2n) is 4.37. The highest BCUT2D eigenvalue weighted by molar-refractivity contribution is 5.53. The predicted octanol–water partition coefficient (Wildman–Crippen LogP) is 2.90. The fourth-order valence-electron chi connectivity index (χ4n) is 1.71. The van der Waals surface area contributed by atoms with Crippen LogP contribution < -0.4 is 4.57 Å².